The van der Waals surface area contributed by atoms with Crippen LogP contribution in [0.3, 0.4) is 0 Å². The third kappa shape index (κ3) is 5.70. The fourth-order valence-corrected chi connectivity index (χ4v) is 4.90. The lowest BCUT2D eigenvalue weighted by Gasteiger charge is -2.26. The van der Waals surface area contributed by atoms with Crippen molar-refractivity contribution in [3.8, 4) is 0 Å². The molecular weight excluding hydrogens is 454 g/mol. The van der Waals surface area contributed by atoms with Gasteiger partial charge >= 0.3 is 0 Å². The number of aryl methyl sites for hydroxylation is 1. The van der Waals surface area contributed by atoms with E-state index in [4.69, 9.17) is 27.9 Å². The lowest BCUT2D eigenvalue weighted by Crippen LogP contribution is -2.40. The van der Waals surface area contributed by atoms with Gasteiger partial charge in [-0.2, -0.15) is 4.31 Å². The summed E-state index contributed by atoms with van der Waals surface area (Å²) in [4.78, 5) is 11.8. The zero-order valence-corrected chi connectivity index (χ0v) is 18.4. The Bertz CT molecular complexity index is 1030. The highest BCUT2D eigenvalue weighted by molar-refractivity contribution is 7.89. The predicted molar refractivity (Wildman–Crippen MR) is 114 cm³/mol. The standard InChI is InChI=1S/C20H21Cl2FN2O4S/c21-16-6-4-14(12-17(16)22)2-1-3-20(26)24-15-5-7-18(23)19(13-15)30(27,28)25-8-10-29-11-9-25/h4-7,12-13H,1-3,8-11H2,(H,24,26). The summed E-state index contributed by atoms with van der Waals surface area (Å²) in [7, 11) is -4.01. The van der Waals surface area contributed by atoms with E-state index in [9.17, 15) is 17.6 Å². The number of morpholine rings is 1. The van der Waals surface area contributed by atoms with Gasteiger partial charge in [0, 0.05) is 25.2 Å². The van der Waals surface area contributed by atoms with Crippen molar-refractivity contribution >= 4 is 44.8 Å². The summed E-state index contributed by atoms with van der Waals surface area (Å²) in [6.45, 7) is 0.840. The van der Waals surface area contributed by atoms with Gasteiger partial charge in [-0.15, -0.1) is 0 Å². The summed E-state index contributed by atoms with van der Waals surface area (Å²) >= 11 is 11.9. The minimum Gasteiger partial charge on any atom is -0.379 e. The van der Waals surface area contributed by atoms with Crippen molar-refractivity contribution in [3.05, 3.63) is 57.8 Å². The van der Waals surface area contributed by atoms with E-state index in [2.05, 4.69) is 5.32 Å². The second-order valence-electron chi connectivity index (χ2n) is 6.81. The smallest absolute Gasteiger partial charge is 0.246 e. The molecule has 0 unspecified atom stereocenters. The van der Waals surface area contributed by atoms with E-state index in [0.29, 0.717) is 22.9 Å². The van der Waals surface area contributed by atoms with E-state index in [1.54, 1.807) is 12.1 Å². The molecule has 1 aliphatic rings. The van der Waals surface area contributed by atoms with Crippen LogP contribution in [-0.2, 0) is 26.0 Å². The first-order valence-electron chi connectivity index (χ1n) is 9.38. The summed E-state index contributed by atoms with van der Waals surface area (Å²) in [5.74, 6) is -1.16. The van der Waals surface area contributed by atoms with Gasteiger partial charge in [0.1, 0.15) is 10.7 Å². The Morgan fingerprint density at radius 2 is 1.83 bits per heavy atom. The van der Waals surface area contributed by atoms with Gasteiger partial charge < -0.3 is 10.1 Å². The molecule has 1 saturated heterocycles. The molecule has 1 aliphatic heterocycles. The van der Waals surface area contributed by atoms with Crippen molar-refractivity contribution in [2.75, 3.05) is 31.6 Å². The number of anilines is 1. The van der Waals surface area contributed by atoms with Gasteiger partial charge in [0.15, 0.2) is 0 Å². The van der Waals surface area contributed by atoms with Crippen LogP contribution in [0.2, 0.25) is 10.0 Å². The lowest BCUT2D eigenvalue weighted by atomic mass is 10.1. The molecule has 162 valence electrons. The summed E-state index contributed by atoms with van der Waals surface area (Å²) in [6, 6.07) is 8.83. The molecule has 1 fully saturated rings. The van der Waals surface area contributed by atoms with Crippen molar-refractivity contribution in [1.29, 1.82) is 0 Å². The zero-order chi connectivity index (χ0) is 21.7. The number of hydrogen-bond donors (Lipinski definition) is 1. The SMILES string of the molecule is O=C(CCCc1ccc(Cl)c(Cl)c1)Nc1ccc(F)c(S(=O)(=O)N2CCOCC2)c1. The van der Waals surface area contributed by atoms with Crippen molar-refractivity contribution in [1.82, 2.24) is 4.31 Å². The van der Waals surface area contributed by atoms with Crippen molar-refractivity contribution in [2.24, 2.45) is 0 Å². The second-order valence-corrected chi connectivity index (χ2v) is 9.53. The Labute approximate surface area is 185 Å². The minimum absolute atomic E-state index is 0.160. The van der Waals surface area contributed by atoms with Crippen LogP contribution in [0.5, 0.6) is 0 Å². The molecule has 2 aromatic rings. The Balaban J connectivity index is 1.61. The highest BCUT2D eigenvalue weighted by atomic mass is 35.5. The van der Waals surface area contributed by atoms with Crippen LogP contribution in [0.4, 0.5) is 10.1 Å². The highest BCUT2D eigenvalue weighted by Crippen LogP contribution is 2.25. The van der Waals surface area contributed by atoms with Crippen LogP contribution in [0.1, 0.15) is 18.4 Å². The van der Waals surface area contributed by atoms with Crippen molar-refractivity contribution in [3.63, 3.8) is 0 Å². The molecule has 6 nitrogen and oxygen atoms in total. The molecule has 0 atom stereocenters. The molecule has 0 aromatic heterocycles. The highest BCUT2D eigenvalue weighted by Gasteiger charge is 2.29. The molecule has 30 heavy (non-hydrogen) atoms. The summed E-state index contributed by atoms with van der Waals surface area (Å²) in [5.41, 5.74) is 1.18. The molecule has 0 radical (unpaired) electrons. The average Bonchev–Trinajstić information content (AvgIpc) is 2.72. The monoisotopic (exact) mass is 474 g/mol. The Morgan fingerprint density at radius 3 is 2.53 bits per heavy atom. The number of rotatable bonds is 7. The number of nitrogens with one attached hydrogen (secondary N) is 1. The number of carbonyl (C=O) groups excluding carboxylic acids is 1. The number of nitrogens with zero attached hydrogens (tertiary/aromatic N) is 1. The molecule has 0 bridgehead atoms. The number of hydrogen-bond acceptors (Lipinski definition) is 4. The van der Waals surface area contributed by atoms with E-state index >= 15 is 0 Å². The molecule has 3 rings (SSSR count). The molecular formula is C20H21Cl2FN2O4S. The number of ether oxygens (including phenoxy) is 1. The van der Waals surface area contributed by atoms with Crippen LogP contribution in [-0.4, -0.2) is 44.9 Å². The van der Waals surface area contributed by atoms with E-state index in [0.717, 1.165) is 17.7 Å². The Kier molecular flexibility index (Phi) is 7.70. The van der Waals surface area contributed by atoms with Gasteiger partial charge in [-0.1, -0.05) is 29.3 Å². The Hall–Kier alpha value is -1.71. The molecule has 1 N–H and O–H groups in total. The van der Waals surface area contributed by atoms with Gasteiger partial charge in [0.25, 0.3) is 0 Å². The van der Waals surface area contributed by atoms with E-state index < -0.39 is 20.7 Å². The van der Waals surface area contributed by atoms with Gasteiger partial charge in [-0.25, -0.2) is 12.8 Å². The predicted octanol–water partition coefficient (Wildman–Crippen LogP) is 4.11. The number of carbonyl (C=O) groups is 1. The molecule has 1 amide bonds. The van der Waals surface area contributed by atoms with Gasteiger partial charge in [0.05, 0.1) is 23.3 Å². The molecule has 0 saturated carbocycles. The first-order chi connectivity index (χ1) is 14.3. The second kappa shape index (κ2) is 10.1. The Morgan fingerprint density at radius 1 is 1.10 bits per heavy atom. The maximum absolute atomic E-state index is 14.2. The van der Waals surface area contributed by atoms with E-state index in [1.807, 2.05) is 6.07 Å². The maximum atomic E-state index is 14.2. The summed E-state index contributed by atoms with van der Waals surface area (Å²) in [5, 5.41) is 3.56. The summed E-state index contributed by atoms with van der Waals surface area (Å²) < 4.78 is 46.0. The quantitative estimate of drug-likeness (QED) is 0.654. The zero-order valence-electron chi connectivity index (χ0n) is 16.0. The van der Waals surface area contributed by atoms with Crippen LogP contribution in [0.15, 0.2) is 41.3 Å². The minimum atomic E-state index is -4.01. The van der Waals surface area contributed by atoms with Crippen LogP contribution in [0.25, 0.3) is 0 Å². The first-order valence-corrected chi connectivity index (χ1v) is 11.6. The van der Waals surface area contributed by atoms with Crippen LogP contribution < -0.4 is 5.32 Å². The molecule has 10 heteroatoms. The van der Waals surface area contributed by atoms with Crippen molar-refractivity contribution < 1.29 is 22.3 Å². The van der Waals surface area contributed by atoms with Gasteiger partial charge in [-0.05, 0) is 48.7 Å². The topological polar surface area (TPSA) is 75.7 Å². The molecule has 0 aliphatic carbocycles. The number of benzene rings is 2. The molecule has 1 heterocycles. The summed E-state index contributed by atoms with van der Waals surface area (Å²) in [6.07, 6.45) is 1.40. The number of amides is 1. The van der Waals surface area contributed by atoms with E-state index in [1.165, 1.54) is 10.4 Å². The van der Waals surface area contributed by atoms with E-state index in [-0.39, 0.29) is 44.3 Å². The molecule has 0 spiro atoms. The number of sulfonamides is 1. The third-order valence-electron chi connectivity index (χ3n) is 4.66. The van der Waals surface area contributed by atoms with Gasteiger partial charge in [-0.3, -0.25) is 4.79 Å². The van der Waals surface area contributed by atoms with Crippen LogP contribution in [0, 0.1) is 5.82 Å². The van der Waals surface area contributed by atoms with Gasteiger partial charge in [0.2, 0.25) is 15.9 Å². The average molecular weight is 475 g/mol. The number of halogens is 3. The van der Waals surface area contributed by atoms with Crippen LogP contribution >= 0.6 is 23.2 Å². The lowest BCUT2D eigenvalue weighted by molar-refractivity contribution is -0.116. The normalized spacial score (nSPS) is 15.2. The fourth-order valence-electron chi connectivity index (χ4n) is 3.08. The largest absolute Gasteiger partial charge is 0.379 e. The van der Waals surface area contributed by atoms with Crippen molar-refractivity contribution in [2.45, 2.75) is 24.2 Å². The first kappa shape index (κ1) is 23.0. The third-order valence-corrected chi connectivity index (χ3v) is 7.31. The fraction of sp³-hybridized carbons (Fsp3) is 0.350. The maximum Gasteiger partial charge on any atom is 0.246 e. The molecule has 2 aromatic carbocycles.